The molecule has 0 N–H and O–H groups in total. The summed E-state index contributed by atoms with van der Waals surface area (Å²) in [7, 11) is 2.06. The minimum absolute atomic E-state index is 1.01. The second-order valence-corrected chi connectivity index (χ2v) is 2.93. The fraction of sp³-hybridized carbons (Fsp3) is 0.200. The summed E-state index contributed by atoms with van der Waals surface area (Å²) in [5.41, 5.74) is 3.88. The van der Waals surface area contributed by atoms with Crippen LogP contribution >= 0.6 is 0 Å². The SMILES string of the molecule is C=C1Cc2ccccc2N1C. The molecule has 0 atom stereocenters. The van der Waals surface area contributed by atoms with Crippen molar-refractivity contribution in [2.24, 2.45) is 0 Å². The molecule has 0 aliphatic carbocycles. The van der Waals surface area contributed by atoms with Gasteiger partial charge >= 0.3 is 0 Å². The number of para-hydroxylation sites is 1. The molecule has 1 heterocycles. The lowest BCUT2D eigenvalue weighted by Crippen LogP contribution is -2.09. The summed E-state index contributed by atoms with van der Waals surface area (Å²) < 4.78 is 0. The average molecular weight is 145 g/mol. The van der Waals surface area contributed by atoms with E-state index in [0.717, 1.165) is 6.42 Å². The van der Waals surface area contributed by atoms with Gasteiger partial charge in [-0.3, -0.25) is 0 Å². The summed E-state index contributed by atoms with van der Waals surface area (Å²) in [5, 5.41) is 0. The van der Waals surface area contributed by atoms with Crippen molar-refractivity contribution in [3.8, 4) is 0 Å². The highest BCUT2D eigenvalue weighted by atomic mass is 15.1. The van der Waals surface area contributed by atoms with Crippen LogP contribution in [0.1, 0.15) is 5.56 Å². The summed E-state index contributed by atoms with van der Waals surface area (Å²) in [6, 6.07) is 8.43. The molecule has 11 heavy (non-hydrogen) atoms. The van der Waals surface area contributed by atoms with E-state index < -0.39 is 0 Å². The molecule has 1 aliphatic rings. The third kappa shape index (κ3) is 0.845. The molecule has 2 rings (SSSR count). The summed E-state index contributed by atoms with van der Waals surface area (Å²) in [6.07, 6.45) is 1.01. The summed E-state index contributed by atoms with van der Waals surface area (Å²) in [5.74, 6) is 0. The number of benzene rings is 1. The Balaban J connectivity index is 2.55. The van der Waals surface area contributed by atoms with E-state index in [0.29, 0.717) is 0 Å². The molecule has 1 aromatic carbocycles. The summed E-state index contributed by atoms with van der Waals surface area (Å²) in [4.78, 5) is 2.15. The Bertz CT molecular complexity index is 301. The van der Waals surface area contributed by atoms with Crippen LogP contribution in [0.2, 0.25) is 0 Å². The molecule has 0 bridgehead atoms. The van der Waals surface area contributed by atoms with E-state index in [1.807, 2.05) is 0 Å². The van der Waals surface area contributed by atoms with E-state index in [4.69, 9.17) is 0 Å². The molecule has 0 saturated heterocycles. The van der Waals surface area contributed by atoms with Crippen molar-refractivity contribution in [3.63, 3.8) is 0 Å². The zero-order chi connectivity index (χ0) is 7.84. The van der Waals surface area contributed by atoms with Gasteiger partial charge in [-0.2, -0.15) is 0 Å². The molecule has 0 amide bonds. The van der Waals surface area contributed by atoms with Crippen molar-refractivity contribution >= 4 is 5.69 Å². The molecule has 0 fully saturated rings. The molecule has 1 nitrogen and oxygen atoms in total. The van der Waals surface area contributed by atoms with E-state index in [2.05, 4.69) is 42.8 Å². The second-order valence-electron chi connectivity index (χ2n) is 2.93. The van der Waals surface area contributed by atoms with Crippen LogP contribution in [0.25, 0.3) is 0 Å². The van der Waals surface area contributed by atoms with Crippen molar-refractivity contribution in [1.82, 2.24) is 0 Å². The largest absolute Gasteiger partial charge is 0.348 e. The first kappa shape index (κ1) is 6.47. The first-order valence-electron chi connectivity index (χ1n) is 3.78. The molecule has 1 heteroatoms. The normalized spacial score (nSPS) is 15.4. The van der Waals surface area contributed by atoms with Crippen LogP contribution in [0.4, 0.5) is 5.69 Å². The van der Waals surface area contributed by atoms with Crippen molar-refractivity contribution in [2.45, 2.75) is 6.42 Å². The molecule has 56 valence electrons. The van der Waals surface area contributed by atoms with Crippen molar-refractivity contribution in [1.29, 1.82) is 0 Å². The van der Waals surface area contributed by atoms with Gasteiger partial charge < -0.3 is 4.90 Å². The standard InChI is InChI=1S/C10H11N/c1-8-7-9-5-3-4-6-10(9)11(8)2/h3-6H,1,7H2,2H3. The van der Waals surface area contributed by atoms with Crippen LogP contribution in [-0.2, 0) is 6.42 Å². The molecule has 0 aromatic heterocycles. The Labute approximate surface area is 67.0 Å². The number of anilines is 1. The van der Waals surface area contributed by atoms with Gasteiger partial charge in [0, 0.05) is 24.9 Å². The highest BCUT2D eigenvalue weighted by molar-refractivity contribution is 5.63. The predicted octanol–water partition coefficient (Wildman–Crippen LogP) is 2.19. The number of nitrogens with zero attached hydrogens (tertiary/aromatic N) is 1. The number of allylic oxidation sites excluding steroid dienone is 1. The maximum absolute atomic E-state index is 3.98. The predicted molar refractivity (Wildman–Crippen MR) is 47.7 cm³/mol. The highest BCUT2D eigenvalue weighted by Crippen LogP contribution is 2.31. The smallest absolute Gasteiger partial charge is 0.0442 e. The lowest BCUT2D eigenvalue weighted by molar-refractivity contribution is 1.11. The van der Waals surface area contributed by atoms with Crippen LogP contribution < -0.4 is 4.90 Å². The third-order valence-electron chi connectivity index (χ3n) is 2.22. The Hall–Kier alpha value is -1.24. The lowest BCUT2D eigenvalue weighted by Gasteiger charge is -2.12. The first-order valence-corrected chi connectivity index (χ1v) is 3.78. The number of rotatable bonds is 0. The van der Waals surface area contributed by atoms with Gasteiger partial charge in [0.15, 0.2) is 0 Å². The van der Waals surface area contributed by atoms with Crippen LogP contribution in [0, 0.1) is 0 Å². The van der Waals surface area contributed by atoms with Crippen LogP contribution in [-0.4, -0.2) is 7.05 Å². The average Bonchev–Trinajstić information content (AvgIpc) is 2.30. The van der Waals surface area contributed by atoms with Crippen molar-refractivity contribution in [3.05, 3.63) is 42.1 Å². The van der Waals surface area contributed by atoms with Gasteiger partial charge in [0.1, 0.15) is 0 Å². The maximum Gasteiger partial charge on any atom is 0.0442 e. The van der Waals surface area contributed by atoms with Crippen molar-refractivity contribution in [2.75, 3.05) is 11.9 Å². The minimum Gasteiger partial charge on any atom is -0.348 e. The van der Waals surface area contributed by atoms with E-state index in [1.54, 1.807) is 0 Å². The van der Waals surface area contributed by atoms with Gasteiger partial charge in [0.2, 0.25) is 0 Å². The molecular weight excluding hydrogens is 134 g/mol. The van der Waals surface area contributed by atoms with Crippen molar-refractivity contribution < 1.29 is 0 Å². The van der Waals surface area contributed by atoms with Crippen LogP contribution in [0.3, 0.4) is 0 Å². The van der Waals surface area contributed by atoms with Crippen LogP contribution in [0.15, 0.2) is 36.5 Å². The van der Waals surface area contributed by atoms with Gasteiger partial charge in [-0.05, 0) is 11.6 Å². The third-order valence-corrected chi connectivity index (χ3v) is 2.22. The molecule has 0 saturated carbocycles. The zero-order valence-corrected chi connectivity index (χ0v) is 6.67. The fourth-order valence-corrected chi connectivity index (χ4v) is 1.50. The number of hydrogen-bond acceptors (Lipinski definition) is 1. The monoisotopic (exact) mass is 145 g/mol. The zero-order valence-electron chi connectivity index (χ0n) is 6.67. The fourth-order valence-electron chi connectivity index (χ4n) is 1.50. The maximum atomic E-state index is 3.98. The molecule has 0 radical (unpaired) electrons. The quantitative estimate of drug-likeness (QED) is 0.541. The molecule has 0 spiro atoms. The summed E-state index contributed by atoms with van der Waals surface area (Å²) >= 11 is 0. The van der Waals surface area contributed by atoms with Gasteiger partial charge in [-0.15, -0.1) is 0 Å². The van der Waals surface area contributed by atoms with E-state index >= 15 is 0 Å². The minimum atomic E-state index is 1.01. The van der Waals surface area contributed by atoms with E-state index in [1.165, 1.54) is 16.9 Å². The number of hydrogen-bond donors (Lipinski definition) is 0. The molecular formula is C10H11N. The lowest BCUT2D eigenvalue weighted by atomic mass is 10.2. The number of likely N-dealkylation sites (N-methyl/N-ethyl adjacent to an activating group) is 1. The Morgan fingerprint density at radius 3 is 2.82 bits per heavy atom. The Morgan fingerprint density at radius 1 is 1.36 bits per heavy atom. The molecule has 0 unspecified atom stereocenters. The summed E-state index contributed by atoms with van der Waals surface area (Å²) in [6.45, 7) is 3.98. The van der Waals surface area contributed by atoms with Gasteiger partial charge in [-0.25, -0.2) is 0 Å². The first-order chi connectivity index (χ1) is 5.29. The Kier molecular flexibility index (Phi) is 1.25. The molecule has 1 aromatic rings. The highest BCUT2D eigenvalue weighted by Gasteiger charge is 2.17. The van der Waals surface area contributed by atoms with E-state index in [-0.39, 0.29) is 0 Å². The van der Waals surface area contributed by atoms with Gasteiger partial charge in [0.25, 0.3) is 0 Å². The molecule has 1 aliphatic heterocycles. The van der Waals surface area contributed by atoms with E-state index in [9.17, 15) is 0 Å². The topological polar surface area (TPSA) is 3.24 Å². The second kappa shape index (κ2) is 2.12. The number of fused-ring (bicyclic) bond motifs is 1. The van der Waals surface area contributed by atoms with Gasteiger partial charge in [-0.1, -0.05) is 24.8 Å². The van der Waals surface area contributed by atoms with Gasteiger partial charge in [0.05, 0.1) is 0 Å². The van der Waals surface area contributed by atoms with Crippen LogP contribution in [0.5, 0.6) is 0 Å². The Morgan fingerprint density at radius 2 is 2.09 bits per heavy atom.